The molecule has 11 rings (SSSR count). The van der Waals surface area contributed by atoms with Crippen molar-refractivity contribution in [1.29, 1.82) is 0 Å². The van der Waals surface area contributed by atoms with Gasteiger partial charge in [-0.25, -0.2) is 8.78 Å². The second kappa shape index (κ2) is 17.7. The molecule has 67 heavy (non-hydrogen) atoms. The molecule has 0 amide bonds. The lowest BCUT2D eigenvalue weighted by Gasteiger charge is -2.30. The Bertz CT molecular complexity index is 3450. The van der Waals surface area contributed by atoms with Gasteiger partial charge in [-0.1, -0.05) is 110 Å². The SMILES string of the molecule is C=C1/C=C\C=C/CN(c2ccccc2)c2ccc(N(c3ccc(F)cc3)c3ccc(-c4ccc(N(c5ccc(F)cc5)c5ccc6c(c5)c5ccccc5n6-c5ccccc5)cc4)cc3)cc21. The number of rotatable bonds is 9. The molecule has 0 spiro atoms. The Morgan fingerprint density at radius 3 is 1.49 bits per heavy atom. The van der Waals surface area contributed by atoms with Crippen LogP contribution in [0.4, 0.5) is 54.3 Å². The van der Waals surface area contributed by atoms with Crippen LogP contribution >= 0.6 is 0 Å². The Morgan fingerprint density at radius 2 is 0.896 bits per heavy atom. The van der Waals surface area contributed by atoms with Gasteiger partial charge in [0.05, 0.1) is 11.0 Å². The van der Waals surface area contributed by atoms with E-state index in [2.05, 4.69) is 196 Å². The number of halogens is 2. The predicted molar refractivity (Wildman–Crippen MR) is 276 cm³/mol. The average Bonchev–Trinajstić information content (AvgIpc) is 3.74. The molecule has 1 aliphatic rings. The number of para-hydroxylation sites is 3. The highest BCUT2D eigenvalue weighted by atomic mass is 19.1. The van der Waals surface area contributed by atoms with Crippen molar-refractivity contribution < 1.29 is 8.78 Å². The van der Waals surface area contributed by atoms with E-state index in [0.717, 1.165) is 95.3 Å². The van der Waals surface area contributed by atoms with Gasteiger partial charge in [-0.3, -0.25) is 0 Å². The van der Waals surface area contributed by atoms with Crippen LogP contribution in [0, 0.1) is 11.6 Å². The third-order valence-electron chi connectivity index (χ3n) is 12.5. The lowest BCUT2D eigenvalue weighted by atomic mass is 10.0. The van der Waals surface area contributed by atoms with Gasteiger partial charge in [0.15, 0.2) is 0 Å². The van der Waals surface area contributed by atoms with Crippen molar-refractivity contribution in [2.24, 2.45) is 0 Å². The van der Waals surface area contributed by atoms with Gasteiger partial charge in [-0.2, -0.15) is 0 Å². The standard InChI is InChI=1S/C61H44F2N4/c1-43-13-5-4-12-40-64(48-14-6-2-7-15-48)59-38-36-54(41-57(43)59)65(52-32-24-46(62)25-33-52)50-28-20-44(21-29-50)45-22-30-51(31-23-45)66(53-34-26-47(63)27-35-53)55-37-39-61-58(42-55)56-18-10-11-19-60(56)67(61)49-16-8-3-9-17-49/h2-39,41-42H,1,40H2/b12-4-,13-5-. The van der Waals surface area contributed by atoms with Gasteiger partial charge >= 0.3 is 0 Å². The minimum atomic E-state index is -0.296. The van der Waals surface area contributed by atoms with Crippen molar-refractivity contribution in [2.45, 2.75) is 0 Å². The van der Waals surface area contributed by atoms with Crippen LogP contribution in [0.5, 0.6) is 0 Å². The van der Waals surface area contributed by atoms with Crippen LogP contribution in [0.25, 0.3) is 44.2 Å². The van der Waals surface area contributed by atoms with Crippen molar-refractivity contribution in [2.75, 3.05) is 21.2 Å². The molecule has 1 aliphatic heterocycles. The molecule has 0 saturated carbocycles. The minimum absolute atomic E-state index is 0.287. The van der Waals surface area contributed by atoms with Crippen molar-refractivity contribution in [3.8, 4) is 16.8 Å². The zero-order valence-electron chi connectivity index (χ0n) is 36.6. The number of allylic oxidation sites excluding steroid dienone is 4. The van der Waals surface area contributed by atoms with Crippen LogP contribution in [0.2, 0.25) is 0 Å². The van der Waals surface area contributed by atoms with Gasteiger partial charge in [-0.05, 0) is 156 Å². The molecular formula is C61H44F2N4. The number of nitrogens with zero attached hydrogens (tertiary/aromatic N) is 4. The number of hydrogen-bond acceptors (Lipinski definition) is 3. The van der Waals surface area contributed by atoms with Gasteiger partial charge in [0.2, 0.25) is 0 Å². The number of hydrogen-bond donors (Lipinski definition) is 0. The molecule has 0 fully saturated rings. The van der Waals surface area contributed by atoms with Crippen LogP contribution in [-0.4, -0.2) is 11.1 Å². The molecule has 0 atom stereocenters. The third-order valence-corrected chi connectivity index (χ3v) is 12.5. The maximum Gasteiger partial charge on any atom is 0.123 e. The summed E-state index contributed by atoms with van der Waals surface area (Å²) in [5.41, 5.74) is 14.8. The Balaban J connectivity index is 0.948. The van der Waals surface area contributed by atoms with E-state index in [9.17, 15) is 8.78 Å². The zero-order valence-corrected chi connectivity index (χ0v) is 36.6. The fourth-order valence-corrected chi connectivity index (χ4v) is 9.25. The molecule has 322 valence electrons. The van der Waals surface area contributed by atoms with E-state index in [1.807, 2.05) is 48.6 Å². The Hall–Kier alpha value is -8.74. The van der Waals surface area contributed by atoms with Gasteiger partial charge in [0.1, 0.15) is 11.6 Å². The molecule has 6 heteroatoms. The molecular weight excluding hydrogens is 827 g/mol. The second-order valence-corrected chi connectivity index (χ2v) is 16.6. The molecule has 10 aromatic rings. The van der Waals surface area contributed by atoms with Crippen molar-refractivity contribution >= 4 is 72.9 Å². The van der Waals surface area contributed by atoms with E-state index in [1.54, 1.807) is 0 Å². The summed E-state index contributed by atoms with van der Waals surface area (Å²) < 4.78 is 31.1. The van der Waals surface area contributed by atoms with E-state index in [4.69, 9.17) is 0 Å². The van der Waals surface area contributed by atoms with Gasteiger partial charge < -0.3 is 19.3 Å². The first-order chi connectivity index (χ1) is 33.0. The molecule has 0 N–H and O–H groups in total. The summed E-state index contributed by atoms with van der Waals surface area (Å²) in [4.78, 5) is 6.61. The topological polar surface area (TPSA) is 14.7 Å². The molecule has 0 radical (unpaired) electrons. The predicted octanol–water partition coefficient (Wildman–Crippen LogP) is 16.9. The number of anilines is 8. The second-order valence-electron chi connectivity index (χ2n) is 16.6. The first-order valence-corrected chi connectivity index (χ1v) is 22.4. The van der Waals surface area contributed by atoms with Crippen molar-refractivity contribution in [1.82, 2.24) is 4.57 Å². The summed E-state index contributed by atoms with van der Waals surface area (Å²) in [7, 11) is 0. The van der Waals surface area contributed by atoms with Gasteiger partial charge in [-0.15, -0.1) is 0 Å². The van der Waals surface area contributed by atoms with E-state index in [-0.39, 0.29) is 11.6 Å². The molecule has 2 heterocycles. The van der Waals surface area contributed by atoms with Crippen LogP contribution < -0.4 is 14.7 Å². The molecule has 0 aliphatic carbocycles. The highest BCUT2D eigenvalue weighted by Crippen LogP contribution is 2.43. The molecule has 0 bridgehead atoms. The van der Waals surface area contributed by atoms with Gasteiger partial charge in [0.25, 0.3) is 0 Å². The fraction of sp³-hybridized carbons (Fsp3) is 0.0164. The molecule has 9 aromatic carbocycles. The molecule has 4 nitrogen and oxygen atoms in total. The normalized spacial score (nSPS) is 13.4. The van der Waals surface area contributed by atoms with Crippen molar-refractivity contribution in [3.63, 3.8) is 0 Å². The molecule has 0 unspecified atom stereocenters. The summed E-state index contributed by atoms with van der Waals surface area (Å²) in [6.45, 7) is 5.18. The molecule has 1 aromatic heterocycles. The summed E-state index contributed by atoms with van der Waals surface area (Å²) in [5.74, 6) is -0.583. The fourth-order valence-electron chi connectivity index (χ4n) is 9.25. The maximum absolute atomic E-state index is 14.4. The van der Waals surface area contributed by atoms with Gasteiger partial charge in [0, 0.05) is 74.1 Å². The lowest BCUT2D eigenvalue weighted by Crippen LogP contribution is -2.18. The van der Waals surface area contributed by atoms with Crippen LogP contribution in [0.1, 0.15) is 5.56 Å². The largest absolute Gasteiger partial charge is 0.337 e. The molecule has 0 saturated heterocycles. The number of fused-ring (bicyclic) bond motifs is 4. The highest BCUT2D eigenvalue weighted by Gasteiger charge is 2.21. The van der Waals surface area contributed by atoms with E-state index >= 15 is 0 Å². The summed E-state index contributed by atoms with van der Waals surface area (Å²) >= 11 is 0. The Labute approximate surface area is 389 Å². The minimum Gasteiger partial charge on any atom is -0.337 e. The smallest absolute Gasteiger partial charge is 0.123 e. The first-order valence-electron chi connectivity index (χ1n) is 22.4. The highest BCUT2D eigenvalue weighted by molar-refractivity contribution is 6.10. The quantitative estimate of drug-likeness (QED) is 0.144. The van der Waals surface area contributed by atoms with Crippen LogP contribution in [0.15, 0.2) is 249 Å². The number of benzene rings is 9. The van der Waals surface area contributed by atoms with Crippen LogP contribution in [-0.2, 0) is 0 Å². The number of aromatic nitrogens is 1. The van der Waals surface area contributed by atoms with Crippen LogP contribution in [0.3, 0.4) is 0 Å². The van der Waals surface area contributed by atoms with E-state index < -0.39 is 0 Å². The van der Waals surface area contributed by atoms with Crippen molar-refractivity contribution in [3.05, 3.63) is 266 Å². The maximum atomic E-state index is 14.4. The summed E-state index contributed by atoms with van der Waals surface area (Å²) in [6.07, 6.45) is 8.28. The first kappa shape index (κ1) is 41.0. The summed E-state index contributed by atoms with van der Waals surface area (Å²) in [6, 6.07) is 72.5. The average molecular weight is 871 g/mol. The Morgan fingerprint density at radius 1 is 0.418 bits per heavy atom. The zero-order chi connectivity index (χ0) is 45.3. The third kappa shape index (κ3) is 7.95. The Kier molecular flexibility index (Phi) is 10.8. The van der Waals surface area contributed by atoms with E-state index in [0.29, 0.717) is 6.54 Å². The monoisotopic (exact) mass is 870 g/mol. The van der Waals surface area contributed by atoms with E-state index in [1.165, 1.54) is 24.3 Å². The lowest BCUT2D eigenvalue weighted by molar-refractivity contribution is 0.627. The summed E-state index contributed by atoms with van der Waals surface area (Å²) in [5, 5.41) is 2.28.